The lowest BCUT2D eigenvalue weighted by Crippen LogP contribution is -2.43. The molecular weight excluding hydrogens is 412 g/mol. The summed E-state index contributed by atoms with van der Waals surface area (Å²) in [6, 6.07) is 12.7. The van der Waals surface area contributed by atoms with Crippen LogP contribution in [0.2, 0.25) is 0 Å². The van der Waals surface area contributed by atoms with E-state index < -0.39 is 10.0 Å². The van der Waals surface area contributed by atoms with Gasteiger partial charge in [0.1, 0.15) is 5.75 Å². The van der Waals surface area contributed by atoms with E-state index in [4.69, 9.17) is 4.74 Å². The Kier molecular flexibility index (Phi) is 7.38. The zero-order chi connectivity index (χ0) is 22.6. The van der Waals surface area contributed by atoms with Crippen molar-refractivity contribution in [2.45, 2.75) is 51.3 Å². The molecule has 0 radical (unpaired) electrons. The van der Waals surface area contributed by atoms with Crippen molar-refractivity contribution in [1.82, 2.24) is 4.31 Å². The molecule has 168 valence electrons. The van der Waals surface area contributed by atoms with Crippen LogP contribution in [0.5, 0.6) is 5.75 Å². The van der Waals surface area contributed by atoms with Crippen LogP contribution in [0.3, 0.4) is 0 Å². The Morgan fingerprint density at radius 2 is 1.90 bits per heavy atom. The molecule has 0 aliphatic carbocycles. The standard InChI is InChI=1S/C24H32N2O4S/c1-5-30-23-13-12-22(15-18(23)4)31(28,29)26-14-6-7-20(16-26)24(27)25-21-10-8-19(9-11-21)17(2)3/h8-13,15,17,20H,5-7,14,16H2,1-4H3,(H,25,27)/t20-/m1/s1. The number of anilines is 1. The molecule has 1 heterocycles. The van der Waals surface area contributed by atoms with Crippen LogP contribution in [-0.2, 0) is 14.8 Å². The van der Waals surface area contributed by atoms with Crippen molar-refractivity contribution in [1.29, 1.82) is 0 Å². The van der Waals surface area contributed by atoms with Gasteiger partial charge in [0.25, 0.3) is 0 Å². The molecule has 0 saturated carbocycles. The van der Waals surface area contributed by atoms with Crippen LogP contribution in [-0.4, -0.2) is 38.3 Å². The number of hydrogen-bond donors (Lipinski definition) is 1. The van der Waals surface area contributed by atoms with Gasteiger partial charge in [-0.3, -0.25) is 4.79 Å². The number of aryl methyl sites for hydroxylation is 1. The van der Waals surface area contributed by atoms with Crippen molar-refractivity contribution in [3.8, 4) is 5.75 Å². The van der Waals surface area contributed by atoms with Gasteiger partial charge in [-0.15, -0.1) is 0 Å². The third kappa shape index (κ3) is 5.46. The molecule has 1 aliphatic heterocycles. The summed E-state index contributed by atoms with van der Waals surface area (Å²) < 4.78 is 33.3. The Bertz CT molecular complexity index is 1020. The fraction of sp³-hybridized carbons (Fsp3) is 0.458. The number of sulfonamides is 1. The third-order valence-electron chi connectivity index (χ3n) is 5.68. The van der Waals surface area contributed by atoms with Crippen LogP contribution in [0, 0.1) is 12.8 Å². The molecule has 0 unspecified atom stereocenters. The van der Waals surface area contributed by atoms with Crippen molar-refractivity contribution in [3.63, 3.8) is 0 Å². The van der Waals surface area contributed by atoms with Gasteiger partial charge >= 0.3 is 0 Å². The molecule has 1 aliphatic rings. The van der Waals surface area contributed by atoms with Crippen LogP contribution >= 0.6 is 0 Å². The predicted molar refractivity (Wildman–Crippen MR) is 123 cm³/mol. The van der Waals surface area contributed by atoms with Crippen molar-refractivity contribution in [2.75, 3.05) is 25.0 Å². The summed E-state index contributed by atoms with van der Waals surface area (Å²) in [5.74, 6) is 0.589. The molecule has 2 aromatic carbocycles. The SMILES string of the molecule is CCOc1ccc(S(=O)(=O)N2CCC[C@@H](C(=O)Nc3ccc(C(C)C)cc3)C2)cc1C. The Labute approximate surface area is 185 Å². The number of carbonyl (C=O) groups is 1. The highest BCUT2D eigenvalue weighted by atomic mass is 32.2. The maximum absolute atomic E-state index is 13.2. The number of hydrogen-bond acceptors (Lipinski definition) is 4. The molecule has 2 aromatic rings. The van der Waals surface area contributed by atoms with Gasteiger partial charge in [-0.2, -0.15) is 4.31 Å². The van der Waals surface area contributed by atoms with Gasteiger partial charge in [0.2, 0.25) is 15.9 Å². The normalized spacial score (nSPS) is 17.5. The highest BCUT2D eigenvalue weighted by Crippen LogP contribution is 2.28. The first kappa shape index (κ1) is 23.3. The van der Waals surface area contributed by atoms with Gasteiger partial charge in [0, 0.05) is 18.8 Å². The van der Waals surface area contributed by atoms with E-state index in [-0.39, 0.29) is 23.3 Å². The zero-order valence-corrected chi connectivity index (χ0v) is 19.5. The van der Waals surface area contributed by atoms with E-state index in [1.54, 1.807) is 18.2 Å². The summed E-state index contributed by atoms with van der Waals surface area (Å²) >= 11 is 0. The van der Waals surface area contributed by atoms with Gasteiger partial charge < -0.3 is 10.1 Å². The number of carbonyl (C=O) groups excluding carboxylic acids is 1. The summed E-state index contributed by atoms with van der Waals surface area (Å²) in [4.78, 5) is 13.1. The van der Waals surface area contributed by atoms with Gasteiger partial charge in [-0.1, -0.05) is 26.0 Å². The Morgan fingerprint density at radius 1 is 1.19 bits per heavy atom. The molecule has 1 saturated heterocycles. The lowest BCUT2D eigenvalue weighted by atomic mass is 9.98. The molecule has 6 nitrogen and oxygen atoms in total. The predicted octanol–water partition coefficient (Wildman–Crippen LogP) is 4.56. The number of nitrogens with zero attached hydrogens (tertiary/aromatic N) is 1. The zero-order valence-electron chi connectivity index (χ0n) is 18.7. The Balaban J connectivity index is 1.70. The minimum absolute atomic E-state index is 0.139. The monoisotopic (exact) mass is 444 g/mol. The van der Waals surface area contributed by atoms with Gasteiger partial charge in [-0.25, -0.2) is 8.42 Å². The Morgan fingerprint density at radius 3 is 2.52 bits per heavy atom. The molecule has 7 heteroatoms. The summed E-state index contributed by atoms with van der Waals surface area (Å²) in [6.07, 6.45) is 1.32. The van der Waals surface area contributed by atoms with Gasteiger partial charge in [0.15, 0.2) is 0 Å². The number of ether oxygens (including phenoxy) is 1. The lowest BCUT2D eigenvalue weighted by molar-refractivity contribution is -0.120. The smallest absolute Gasteiger partial charge is 0.243 e. The average molecular weight is 445 g/mol. The largest absolute Gasteiger partial charge is 0.494 e. The number of nitrogens with one attached hydrogen (secondary N) is 1. The third-order valence-corrected chi connectivity index (χ3v) is 7.54. The summed E-state index contributed by atoms with van der Waals surface area (Å²) in [5, 5.41) is 2.94. The molecule has 1 N–H and O–H groups in total. The molecule has 31 heavy (non-hydrogen) atoms. The fourth-order valence-electron chi connectivity index (χ4n) is 3.82. The van der Waals surface area contributed by atoms with Crippen LogP contribution in [0.1, 0.15) is 50.7 Å². The Hall–Kier alpha value is -2.38. The first-order valence-corrected chi connectivity index (χ1v) is 12.3. The van der Waals surface area contributed by atoms with Crippen LogP contribution < -0.4 is 10.1 Å². The van der Waals surface area contributed by atoms with Crippen molar-refractivity contribution < 1.29 is 17.9 Å². The molecule has 0 aromatic heterocycles. The molecule has 1 atom stereocenters. The molecule has 0 spiro atoms. The minimum atomic E-state index is -3.67. The van der Waals surface area contributed by atoms with E-state index in [1.807, 2.05) is 38.1 Å². The van der Waals surface area contributed by atoms with Crippen LogP contribution in [0.4, 0.5) is 5.69 Å². The van der Waals surface area contributed by atoms with Crippen molar-refractivity contribution in [3.05, 3.63) is 53.6 Å². The van der Waals surface area contributed by atoms with E-state index in [0.717, 1.165) is 11.3 Å². The summed E-state index contributed by atoms with van der Waals surface area (Å²) in [6.45, 7) is 9.09. The van der Waals surface area contributed by atoms with Gasteiger partial charge in [-0.05, 0) is 74.1 Å². The van der Waals surface area contributed by atoms with Crippen molar-refractivity contribution in [2.24, 2.45) is 5.92 Å². The molecule has 1 amide bonds. The topological polar surface area (TPSA) is 75.7 Å². The minimum Gasteiger partial charge on any atom is -0.494 e. The average Bonchev–Trinajstić information content (AvgIpc) is 2.75. The number of benzene rings is 2. The second kappa shape index (κ2) is 9.83. The highest BCUT2D eigenvalue weighted by Gasteiger charge is 2.33. The molecule has 1 fully saturated rings. The van der Waals surface area contributed by atoms with E-state index >= 15 is 0 Å². The fourth-order valence-corrected chi connectivity index (χ4v) is 5.43. The van der Waals surface area contributed by atoms with E-state index in [9.17, 15) is 13.2 Å². The number of rotatable bonds is 7. The lowest BCUT2D eigenvalue weighted by Gasteiger charge is -2.31. The number of amides is 1. The van der Waals surface area contributed by atoms with E-state index in [2.05, 4.69) is 19.2 Å². The summed E-state index contributed by atoms with van der Waals surface area (Å²) in [5.41, 5.74) is 2.72. The van der Waals surface area contributed by atoms with E-state index in [0.29, 0.717) is 37.7 Å². The first-order chi connectivity index (χ1) is 14.7. The highest BCUT2D eigenvalue weighted by molar-refractivity contribution is 7.89. The quantitative estimate of drug-likeness (QED) is 0.679. The molecule has 0 bridgehead atoms. The van der Waals surface area contributed by atoms with E-state index in [1.165, 1.54) is 9.87 Å². The second-order valence-electron chi connectivity index (χ2n) is 8.33. The molecule has 3 rings (SSSR count). The number of piperidine rings is 1. The summed E-state index contributed by atoms with van der Waals surface area (Å²) in [7, 11) is -3.67. The van der Waals surface area contributed by atoms with Crippen LogP contribution in [0.25, 0.3) is 0 Å². The first-order valence-electron chi connectivity index (χ1n) is 10.9. The van der Waals surface area contributed by atoms with Crippen LogP contribution in [0.15, 0.2) is 47.4 Å². The maximum Gasteiger partial charge on any atom is 0.243 e. The van der Waals surface area contributed by atoms with Gasteiger partial charge in [0.05, 0.1) is 17.4 Å². The maximum atomic E-state index is 13.2. The molecular formula is C24H32N2O4S. The second-order valence-corrected chi connectivity index (χ2v) is 10.3. The van der Waals surface area contributed by atoms with Crippen molar-refractivity contribution >= 4 is 21.6 Å².